The van der Waals surface area contributed by atoms with Gasteiger partial charge in [0.15, 0.2) is 0 Å². The van der Waals surface area contributed by atoms with E-state index in [0.717, 1.165) is 25.9 Å². The molecule has 1 atom stereocenters. The highest BCUT2D eigenvalue weighted by atomic mass is 35.5. The molecular weight excluding hydrogens is 306 g/mol. The molecule has 1 aliphatic heterocycles. The number of halogens is 1. The summed E-state index contributed by atoms with van der Waals surface area (Å²) in [6.07, 6.45) is 3.09. The molecule has 1 aromatic heterocycles. The molecule has 1 unspecified atom stereocenters. The van der Waals surface area contributed by atoms with Gasteiger partial charge in [0.2, 0.25) is 10.0 Å². The van der Waals surface area contributed by atoms with Gasteiger partial charge in [0.05, 0.1) is 16.9 Å². The first-order valence-corrected chi connectivity index (χ1v) is 9.11. The fourth-order valence-corrected chi connectivity index (χ4v) is 5.03. The molecule has 2 heterocycles. The third kappa shape index (κ3) is 3.49. The van der Waals surface area contributed by atoms with Gasteiger partial charge < -0.3 is 4.74 Å². The predicted molar refractivity (Wildman–Crippen MR) is 77.3 cm³/mol. The van der Waals surface area contributed by atoms with Crippen LogP contribution in [0.1, 0.15) is 24.1 Å². The topological polar surface area (TPSA) is 46.6 Å². The van der Waals surface area contributed by atoms with Gasteiger partial charge in [-0.05, 0) is 30.7 Å². The van der Waals surface area contributed by atoms with Crippen LogP contribution in [0, 0.1) is 0 Å². The molecule has 0 aromatic carbocycles. The Balaban J connectivity index is 2.10. The predicted octanol–water partition coefficient (Wildman–Crippen LogP) is 2.68. The van der Waals surface area contributed by atoms with Gasteiger partial charge in [0.1, 0.15) is 0 Å². The fraction of sp³-hybridized carbons (Fsp3) is 0.667. The fourth-order valence-electron chi connectivity index (χ4n) is 2.16. The lowest BCUT2D eigenvalue weighted by Crippen LogP contribution is -2.37. The van der Waals surface area contributed by atoms with Crippen LogP contribution in [-0.2, 0) is 20.6 Å². The summed E-state index contributed by atoms with van der Waals surface area (Å²) >= 11 is 7.15. The summed E-state index contributed by atoms with van der Waals surface area (Å²) in [6, 6.07) is 1.62. The van der Waals surface area contributed by atoms with Crippen molar-refractivity contribution in [3.8, 4) is 0 Å². The molecule has 1 aliphatic rings. The average molecular weight is 324 g/mol. The number of hydrogen-bond acceptors (Lipinski definition) is 4. The summed E-state index contributed by atoms with van der Waals surface area (Å²) in [4.78, 5) is 1.02. The van der Waals surface area contributed by atoms with E-state index in [0.29, 0.717) is 16.3 Å². The van der Waals surface area contributed by atoms with Gasteiger partial charge in [0.25, 0.3) is 0 Å². The molecule has 19 heavy (non-hydrogen) atoms. The van der Waals surface area contributed by atoms with Crippen molar-refractivity contribution in [1.82, 2.24) is 4.31 Å². The van der Waals surface area contributed by atoms with Crippen LogP contribution in [0.2, 0.25) is 0 Å². The van der Waals surface area contributed by atoms with Crippen LogP contribution in [-0.4, -0.2) is 39.0 Å². The molecule has 0 radical (unpaired) electrons. The first-order valence-electron chi connectivity index (χ1n) is 6.26. The van der Waals surface area contributed by atoms with E-state index in [1.165, 1.54) is 15.6 Å². The first kappa shape index (κ1) is 15.3. The number of alkyl halides is 1. The lowest BCUT2D eigenvalue weighted by atomic mass is 10.1. The van der Waals surface area contributed by atoms with Gasteiger partial charge in [-0.15, -0.1) is 22.9 Å². The summed E-state index contributed by atoms with van der Waals surface area (Å²) in [6.45, 7) is 1.13. The van der Waals surface area contributed by atoms with Gasteiger partial charge in [-0.1, -0.05) is 0 Å². The highest BCUT2D eigenvalue weighted by Crippen LogP contribution is 2.26. The molecule has 1 aromatic rings. The van der Waals surface area contributed by atoms with Crippen LogP contribution in [0.5, 0.6) is 0 Å². The van der Waals surface area contributed by atoms with E-state index in [-0.39, 0.29) is 12.0 Å². The second kappa shape index (κ2) is 6.54. The maximum Gasteiger partial charge on any atom is 0.244 e. The Bertz CT molecular complexity index is 509. The number of thiophene rings is 1. The number of rotatable bonds is 5. The second-order valence-electron chi connectivity index (χ2n) is 4.62. The zero-order valence-corrected chi connectivity index (χ0v) is 13.2. The van der Waals surface area contributed by atoms with Gasteiger partial charge in [-0.2, -0.15) is 4.31 Å². The van der Waals surface area contributed by atoms with Crippen molar-refractivity contribution < 1.29 is 13.2 Å². The summed E-state index contributed by atoms with van der Waals surface area (Å²) in [5.41, 5.74) is 0. The molecule has 0 saturated carbocycles. The number of likely N-dealkylation sites (N-methyl/N-ethyl adjacent to an activating group) is 1. The third-order valence-corrected chi connectivity index (χ3v) is 6.63. The largest absolute Gasteiger partial charge is 0.377 e. The van der Waals surface area contributed by atoms with Crippen molar-refractivity contribution in [2.24, 2.45) is 0 Å². The van der Waals surface area contributed by atoms with E-state index < -0.39 is 10.0 Å². The molecule has 0 aliphatic carbocycles. The van der Waals surface area contributed by atoms with Crippen molar-refractivity contribution in [1.29, 1.82) is 0 Å². The molecule has 2 rings (SSSR count). The van der Waals surface area contributed by atoms with E-state index in [9.17, 15) is 8.42 Å². The molecule has 0 bridgehead atoms. The first-order chi connectivity index (χ1) is 9.05. The van der Waals surface area contributed by atoms with Crippen LogP contribution < -0.4 is 0 Å². The lowest BCUT2D eigenvalue weighted by Gasteiger charge is -2.27. The van der Waals surface area contributed by atoms with Crippen molar-refractivity contribution in [3.05, 3.63) is 16.3 Å². The van der Waals surface area contributed by atoms with Gasteiger partial charge in [-0.25, -0.2) is 8.42 Å². The number of sulfonamides is 1. The van der Waals surface area contributed by atoms with E-state index in [1.54, 1.807) is 18.5 Å². The van der Waals surface area contributed by atoms with E-state index in [1.807, 2.05) is 0 Å². The molecule has 7 heteroatoms. The van der Waals surface area contributed by atoms with Gasteiger partial charge in [-0.3, -0.25) is 0 Å². The number of nitrogens with zero attached hydrogens (tertiary/aromatic N) is 1. The van der Waals surface area contributed by atoms with Gasteiger partial charge >= 0.3 is 0 Å². The minimum atomic E-state index is -3.46. The lowest BCUT2D eigenvalue weighted by molar-refractivity contribution is 0.00858. The average Bonchev–Trinajstić information content (AvgIpc) is 2.88. The minimum Gasteiger partial charge on any atom is -0.377 e. The van der Waals surface area contributed by atoms with Crippen LogP contribution in [0.15, 0.2) is 16.3 Å². The normalized spacial score (nSPS) is 20.9. The smallest absolute Gasteiger partial charge is 0.244 e. The van der Waals surface area contributed by atoms with Crippen molar-refractivity contribution in [2.45, 2.75) is 36.1 Å². The SMILES string of the molecule is CN(CC1CCCCO1)S(=O)(=O)c1ccsc1CCl. The minimum absolute atomic E-state index is 0.00612. The molecule has 0 amide bonds. The van der Waals surface area contributed by atoms with E-state index >= 15 is 0 Å². The van der Waals surface area contributed by atoms with Crippen LogP contribution >= 0.6 is 22.9 Å². The van der Waals surface area contributed by atoms with E-state index in [4.69, 9.17) is 16.3 Å². The van der Waals surface area contributed by atoms with E-state index in [2.05, 4.69) is 0 Å². The van der Waals surface area contributed by atoms with Gasteiger partial charge in [0, 0.05) is 25.1 Å². The maximum atomic E-state index is 12.5. The summed E-state index contributed by atoms with van der Waals surface area (Å²) in [5, 5.41) is 1.76. The Hall–Kier alpha value is -0.140. The quantitative estimate of drug-likeness (QED) is 0.783. The van der Waals surface area contributed by atoms with Crippen molar-refractivity contribution in [2.75, 3.05) is 20.2 Å². The summed E-state index contributed by atoms with van der Waals surface area (Å²) in [7, 11) is -1.86. The molecule has 108 valence electrons. The molecule has 0 spiro atoms. The Morgan fingerprint density at radius 1 is 1.53 bits per heavy atom. The highest BCUT2D eigenvalue weighted by Gasteiger charge is 2.27. The standard InChI is InChI=1S/C12H18ClNO3S2/c1-14(9-10-4-2-3-6-17-10)19(15,16)12-5-7-18-11(12)8-13/h5,7,10H,2-4,6,8-9H2,1H3. The van der Waals surface area contributed by atoms with Crippen molar-refractivity contribution in [3.63, 3.8) is 0 Å². The maximum absolute atomic E-state index is 12.5. The van der Waals surface area contributed by atoms with Crippen LogP contribution in [0.4, 0.5) is 0 Å². The Morgan fingerprint density at radius 3 is 2.95 bits per heavy atom. The molecule has 4 nitrogen and oxygen atoms in total. The third-order valence-electron chi connectivity index (χ3n) is 3.25. The summed E-state index contributed by atoms with van der Waals surface area (Å²) in [5.74, 6) is 0.222. The monoisotopic (exact) mass is 323 g/mol. The molecule has 0 N–H and O–H groups in total. The van der Waals surface area contributed by atoms with Crippen molar-refractivity contribution >= 4 is 33.0 Å². The number of ether oxygens (including phenoxy) is 1. The van der Waals surface area contributed by atoms with Crippen LogP contribution in [0.3, 0.4) is 0 Å². The summed E-state index contributed by atoms with van der Waals surface area (Å²) < 4.78 is 31.9. The van der Waals surface area contributed by atoms with Crippen LogP contribution in [0.25, 0.3) is 0 Å². The zero-order valence-electron chi connectivity index (χ0n) is 10.8. The number of hydrogen-bond donors (Lipinski definition) is 0. The Kier molecular flexibility index (Phi) is 5.25. The molecule has 1 saturated heterocycles. The highest BCUT2D eigenvalue weighted by molar-refractivity contribution is 7.89. The Morgan fingerprint density at radius 2 is 2.32 bits per heavy atom. The molecule has 1 fully saturated rings. The molecular formula is C12H18ClNO3S2. The Labute approximate surface area is 123 Å². The second-order valence-corrected chi connectivity index (χ2v) is 7.90. The zero-order chi connectivity index (χ0) is 13.9.